The second-order valence-electron chi connectivity index (χ2n) is 10.1. The highest BCUT2D eigenvalue weighted by atomic mass is 79.9. The molecule has 1 aromatic heterocycles. The summed E-state index contributed by atoms with van der Waals surface area (Å²) in [6.07, 6.45) is 11.3. The van der Waals surface area contributed by atoms with Crippen molar-refractivity contribution < 1.29 is 9.53 Å². The molecule has 4 bridgehead atoms. The van der Waals surface area contributed by atoms with E-state index in [-0.39, 0.29) is 5.41 Å². The fourth-order valence-electron chi connectivity index (χ4n) is 6.78. The third-order valence-corrected chi connectivity index (χ3v) is 9.05. The number of benzene rings is 1. The zero-order valence-electron chi connectivity index (χ0n) is 18.7. The summed E-state index contributed by atoms with van der Waals surface area (Å²) in [5, 5.41) is 4.63. The Balaban J connectivity index is 1.37. The smallest absolute Gasteiger partial charge is 0.161 e. The summed E-state index contributed by atoms with van der Waals surface area (Å²) >= 11 is 3.61. The molecule has 0 saturated heterocycles. The van der Waals surface area contributed by atoms with E-state index >= 15 is 0 Å². The molecule has 164 valence electrons. The Labute approximate surface area is 193 Å². The molecule has 1 heterocycles. The summed E-state index contributed by atoms with van der Waals surface area (Å²) in [6, 6.07) is 6.14. The van der Waals surface area contributed by atoms with Crippen LogP contribution in [-0.2, 0) is 11.3 Å². The molecule has 0 amide bonds. The summed E-state index contributed by atoms with van der Waals surface area (Å²) < 4.78 is 8.63. The highest BCUT2D eigenvalue weighted by Gasteiger charge is 2.53. The van der Waals surface area contributed by atoms with Gasteiger partial charge in [-0.25, -0.2) is 0 Å². The highest BCUT2D eigenvalue weighted by Crippen LogP contribution is 2.60. The molecule has 0 aliphatic heterocycles. The number of hydrogen-bond donors (Lipinski definition) is 0. The zero-order chi connectivity index (χ0) is 21.8. The summed E-state index contributed by atoms with van der Waals surface area (Å²) in [7, 11) is 1.70. The first-order valence-corrected chi connectivity index (χ1v) is 12.2. The number of carbonyl (C=O) groups excluding carboxylic acids is 1. The maximum atomic E-state index is 13.3. The van der Waals surface area contributed by atoms with Gasteiger partial charge in [0.15, 0.2) is 5.78 Å². The van der Waals surface area contributed by atoms with E-state index in [1.807, 2.05) is 35.9 Å². The minimum atomic E-state index is -0.0729. The minimum Gasteiger partial charge on any atom is -0.496 e. The van der Waals surface area contributed by atoms with Crippen molar-refractivity contribution in [2.75, 3.05) is 7.11 Å². The van der Waals surface area contributed by atoms with Gasteiger partial charge >= 0.3 is 0 Å². The van der Waals surface area contributed by atoms with E-state index in [1.54, 1.807) is 7.11 Å². The molecule has 4 nitrogen and oxygen atoms in total. The van der Waals surface area contributed by atoms with Crippen molar-refractivity contribution in [3.05, 3.63) is 51.3 Å². The number of ketones is 1. The second-order valence-corrected chi connectivity index (χ2v) is 10.9. The number of carbonyl (C=O) groups is 1. The lowest BCUT2D eigenvalue weighted by atomic mass is 9.48. The fourth-order valence-corrected chi connectivity index (χ4v) is 7.06. The Hall–Kier alpha value is -1.88. The van der Waals surface area contributed by atoms with Crippen LogP contribution in [0.5, 0.6) is 5.75 Å². The van der Waals surface area contributed by atoms with Gasteiger partial charge in [-0.3, -0.25) is 9.48 Å². The molecular formula is C26H31BrN2O2. The maximum Gasteiger partial charge on any atom is 0.161 e. The minimum absolute atomic E-state index is 0.0729. The zero-order valence-corrected chi connectivity index (χ0v) is 20.2. The van der Waals surface area contributed by atoms with Crippen LogP contribution < -0.4 is 4.74 Å². The molecule has 2 aromatic rings. The average Bonchev–Trinajstić information content (AvgIpc) is 2.97. The Morgan fingerprint density at radius 1 is 1.19 bits per heavy atom. The number of allylic oxidation sites excluding steroid dienone is 1. The van der Waals surface area contributed by atoms with Gasteiger partial charge in [-0.15, -0.1) is 0 Å². The summed E-state index contributed by atoms with van der Waals surface area (Å²) in [5.41, 5.74) is 4.10. The number of aryl methyl sites for hydroxylation is 1. The quantitative estimate of drug-likeness (QED) is 0.465. The Morgan fingerprint density at radius 2 is 1.84 bits per heavy atom. The van der Waals surface area contributed by atoms with Gasteiger partial charge < -0.3 is 4.74 Å². The van der Waals surface area contributed by atoms with Crippen LogP contribution in [0.25, 0.3) is 6.08 Å². The fraction of sp³-hybridized carbons (Fsp3) is 0.538. The number of aromatic nitrogens is 2. The van der Waals surface area contributed by atoms with Crippen LogP contribution >= 0.6 is 15.9 Å². The van der Waals surface area contributed by atoms with E-state index in [1.165, 1.54) is 19.3 Å². The van der Waals surface area contributed by atoms with Gasteiger partial charge in [-0.1, -0.05) is 12.1 Å². The third-order valence-electron chi connectivity index (χ3n) is 7.91. The van der Waals surface area contributed by atoms with Crippen molar-refractivity contribution in [1.29, 1.82) is 0 Å². The summed E-state index contributed by atoms with van der Waals surface area (Å²) in [4.78, 5) is 13.3. The summed E-state index contributed by atoms with van der Waals surface area (Å²) in [6.45, 7) is 4.69. The van der Waals surface area contributed by atoms with Crippen molar-refractivity contribution in [1.82, 2.24) is 9.78 Å². The van der Waals surface area contributed by atoms with E-state index in [0.29, 0.717) is 12.3 Å². The lowest BCUT2D eigenvalue weighted by Crippen LogP contribution is -2.49. The lowest BCUT2D eigenvalue weighted by molar-refractivity contribution is -0.138. The monoisotopic (exact) mass is 482 g/mol. The normalized spacial score (nSPS) is 29.1. The molecule has 0 atom stereocenters. The molecule has 0 unspecified atom stereocenters. The molecule has 5 heteroatoms. The topological polar surface area (TPSA) is 44.1 Å². The molecule has 1 aromatic carbocycles. The number of ether oxygens (including phenoxy) is 1. The van der Waals surface area contributed by atoms with Gasteiger partial charge in [0.25, 0.3) is 0 Å². The molecular weight excluding hydrogens is 452 g/mol. The molecule has 4 aliphatic rings. The molecule has 4 saturated carbocycles. The average molecular weight is 483 g/mol. The molecule has 6 rings (SSSR count). The van der Waals surface area contributed by atoms with Crippen LogP contribution in [-0.4, -0.2) is 22.7 Å². The largest absolute Gasteiger partial charge is 0.496 e. The van der Waals surface area contributed by atoms with Gasteiger partial charge in [0.2, 0.25) is 0 Å². The van der Waals surface area contributed by atoms with Gasteiger partial charge in [0, 0.05) is 11.0 Å². The Bertz CT molecular complexity index is 1020. The van der Waals surface area contributed by atoms with E-state index < -0.39 is 0 Å². The van der Waals surface area contributed by atoms with Crippen molar-refractivity contribution in [3.8, 4) is 5.75 Å². The molecule has 0 radical (unpaired) electrons. The molecule has 0 N–H and O–H groups in total. The van der Waals surface area contributed by atoms with E-state index in [2.05, 4.69) is 34.0 Å². The first kappa shape index (κ1) is 21.0. The highest BCUT2D eigenvalue weighted by molar-refractivity contribution is 9.10. The number of nitrogens with zero attached hydrogens (tertiary/aromatic N) is 2. The summed E-state index contributed by atoms with van der Waals surface area (Å²) in [5.74, 6) is 3.56. The number of halogens is 1. The Kier molecular flexibility index (Phi) is 5.36. The first-order valence-electron chi connectivity index (χ1n) is 11.5. The number of rotatable bonds is 6. The van der Waals surface area contributed by atoms with E-state index in [4.69, 9.17) is 4.74 Å². The second kappa shape index (κ2) is 7.91. The van der Waals surface area contributed by atoms with Crippen LogP contribution in [0.1, 0.15) is 61.0 Å². The van der Waals surface area contributed by atoms with Crippen LogP contribution in [0, 0.1) is 37.0 Å². The number of methoxy groups -OCH3 is 1. The predicted octanol–water partition coefficient (Wildman–Crippen LogP) is 6.12. The predicted molar refractivity (Wildman–Crippen MR) is 126 cm³/mol. The molecule has 0 spiro atoms. The molecule has 31 heavy (non-hydrogen) atoms. The van der Waals surface area contributed by atoms with Crippen molar-refractivity contribution >= 4 is 27.8 Å². The van der Waals surface area contributed by atoms with Crippen molar-refractivity contribution in [2.45, 2.75) is 58.9 Å². The van der Waals surface area contributed by atoms with Gasteiger partial charge in [0.05, 0.1) is 29.5 Å². The van der Waals surface area contributed by atoms with Gasteiger partial charge in [-0.05, 0) is 110 Å². The van der Waals surface area contributed by atoms with Crippen LogP contribution in [0.4, 0.5) is 0 Å². The van der Waals surface area contributed by atoms with Crippen LogP contribution in [0.3, 0.4) is 0 Å². The molecule has 4 aliphatic carbocycles. The SMILES string of the molecule is COc1ccc(/C=C/C(=O)C23CC4CC(CC(C4)C2)C3)cc1Cn1nc(C)c(Br)c1C. The van der Waals surface area contributed by atoms with Crippen LogP contribution in [0.15, 0.2) is 28.7 Å². The van der Waals surface area contributed by atoms with Crippen molar-refractivity contribution in [3.63, 3.8) is 0 Å². The van der Waals surface area contributed by atoms with E-state index in [0.717, 1.165) is 69.8 Å². The Morgan fingerprint density at radius 3 is 2.39 bits per heavy atom. The van der Waals surface area contributed by atoms with Gasteiger partial charge in [-0.2, -0.15) is 5.10 Å². The maximum absolute atomic E-state index is 13.3. The lowest BCUT2D eigenvalue weighted by Gasteiger charge is -2.55. The van der Waals surface area contributed by atoms with Crippen LogP contribution in [0.2, 0.25) is 0 Å². The number of hydrogen-bond acceptors (Lipinski definition) is 3. The molecule has 4 fully saturated rings. The third kappa shape index (κ3) is 3.79. The van der Waals surface area contributed by atoms with Gasteiger partial charge in [0.1, 0.15) is 5.75 Å². The standard InChI is InChI=1S/C26H31BrN2O2/c1-16-25(27)17(2)29(28-16)15-22-11-18(4-6-23(22)31-3)5-7-24(30)26-12-19-8-20(13-26)10-21(9-19)14-26/h4-7,11,19-21H,8-10,12-15H2,1-3H3/b7-5+. The van der Waals surface area contributed by atoms with Crippen molar-refractivity contribution in [2.24, 2.45) is 23.2 Å². The first-order chi connectivity index (χ1) is 14.9. The van der Waals surface area contributed by atoms with E-state index in [9.17, 15) is 4.79 Å².